The van der Waals surface area contributed by atoms with Gasteiger partial charge in [0.25, 0.3) is 0 Å². The van der Waals surface area contributed by atoms with Gasteiger partial charge in [0.2, 0.25) is 0 Å². The smallest absolute Gasteiger partial charge is 0.0725 e. The minimum absolute atomic E-state index is 0.850. The van der Waals surface area contributed by atoms with E-state index in [4.69, 9.17) is 4.99 Å². The van der Waals surface area contributed by atoms with Crippen LogP contribution in [0.5, 0.6) is 0 Å². The van der Waals surface area contributed by atoms with Gasteiger partial charge in [-0.05, 0) is 43.8 Å². The first-order valence-corrected chi connectivity index (χ1v) is 10.0. The van der Waals surface area contributed by atoms with Gasteiger partial charge >= 0.3 is 0 Å². The highest BCUT2D eigenvalue weighted by Crippen LogP contribution is 2.22. The maximum atomic E-state index is 5.07. The monoisotopic (exact) mass is 358 g/mol. The molecule has 27 heavy (non-hydrogen) atoms. The van der Waals surface area contributed by atoms with E-state index in [9.17, 15) is 0 Å². The Labute approximate surface area is 163 Å². The fourth-order valence-corrected chi connectivity index (χ4v) is 3.50. The Morgan fingerprint density at radius 1 is 0.852 bits per heavy atom. The van der Waals surface area contributed by atoms with Crippen LogP contribution in [0, 0.1) is 6.92 Å². The lowest BCUT2D eigenvalue weighted by molar-refractivity contribution is 0.302. The minimum atomic E-state index is 0.850. The average Bonchev–Trinajstić information content (AvgIpc) is 2.72. The molecule has 0 heterocycles. The van der Waals surface area contributed by atoms with Crippen LogP contribution in [0.25, 0.3) is 10.8 Å². The average molecular weight is 359 g/mol. The van der Waals surface area contributed by atoms with E-state index >= 15 is 0 Å². The highest BCUT2D eigenvalue weighted by molar-refractivity contribution is 6.19. The van der Waals surface area contributed by atoms with Gasteiger partial charge in [-0.3, -0.25) is 4.99 Å². The Morgan fingerprint density at radius 3 is 2.30 bits per heavy atom. The predicted octanol–water partition coefficient (Wildman–Crippen LogP) is 5.72. The molecule has 3 rings (SSSR count). The number of aryl methyl sites for hydroxylation is 1. The van der Waals surface area contributed by atoms with Gasteiger partial charge < -0.3 is 4.90 Å². The third kappa shape index (κ3) is 4.84. The van der Waals surface area contributed by atoms with Gasteiger partial charge in [0.1, 0.15) is 0 Å². The zero-order chi connectivity index (χ0) is 19.1. The first kappa shape index (κ1) is 19.3. The summed E-state index contributed by atoms with van der Waals surface area (Å²) >= 11 is 0. The Bertz CT molecular complexity index is 884. The number of rotatable bonds is 8. The van der Waals surface area contributed by atoms with Gasteiger partial charge in [0, 0.05) is 17.7 Å². The summed E-state index contributed by atoms with van der Waals surface area (Å²) in [7, 11) is 0. The highest BCUT2D eigenvalue weighted by Gasteiger charge is 2.10. The minimum Gasteiger partial charge on any atom is -0.304 e. The third-order valence-electron chi connectivity index (χ3n) is 5.17. The molecule has 0 atom stereocenters. The summed E-state index contributed by atoms with van der Waals surface area (Å²) in [4.78, 5) is 7.53. The fourth-order valence-electron chi connectivity index (χ4n) is 3.50. The Kier molecular flexibility index (Phi) is 6.78. The van der Waals surface area contributed by atoms with E-state index in [2.05, 4.69) is 92.4 Å². The maximum absolute atomic E-state index is 5.07. The SMILES string of the molecule is CCN(CC)CCCN=C(c1ccc(C)cc1)c1cccc2ccccc12. The molecule has 0 aromatic heterocycles. The van der Waals surface area contributed by atoms with E-state index in [0.717, 1.165) is 38.3 Å². The van der Waals surface area contributed by atoms with Gasteiger partial charge in [-0.15, -0.1) is 0 Å². The quantitative estimate of drug-likeness (QED) is 0.371. The van der Waals surface area contributed by atoms with Gasteiger partial charge in [-0.25, -0.2) is 0 Å². The van der Waals surface area contributed by atoms with Crippen LogP contribution in [0.3, 0.4) is 0 Å². The fraction of sp³-hybridized carbons (Fsp3) is 0.320. The first-order valence-electron chi connectivity index (χ1n) is 10.0. The Hall–Kier alpha value is -2.45. The maximum Gasteiger partial charge on any atom is 0.0725 e. The lowest BCUT2D eigenvalue weighted by atomic mass is 9.96. The number of benzene rings is 3. The number of fused-ring (bicyclic) bond motifs is 1. The summed E-state index contributed by atoms with van der Waals surface area (Å²) in [5.41, 5.74) is 4.79. The van der Waals surface area contributed by atoms with Crippen molar-refractivity contribution in [3.8, 4) is 0 Å². The summed E-state index contributed by atoms with van der Waals surface area (Å²) in [6.45, 7) is 10.7. The molecule has 0 amide bonds. The summed E-state index contributed by atoms with van der Waals surface area (Å²) < 4.78 is 0. The van der Waals surface area contributed by atoms with Crippen LogP contribution in [-0.2, 0) is 0 Å². The molecular weight excluding hydrogens is 328 g/mol. The molecule has 0 fully saturated rings. The Morgan fingerprint density at radius 2 is 1.56 bits per heavy atom. The standard InChI is InChI=1S/C25H30N2/c1-4-27(5-2)19-9-18-26-25(22-16-14-20(3)15-17-22)24-13-8-11-21-10-6-7-12-23(21)24/h6-8,10-17H,4-5,9,18-19H2,1-3H3. The molecular formula is C25H30N2. The first-order chi connectivity index (χ1) is 13.2. The van der Waals surface area contributed by atoms with Crippen LogP contribution in [0.4, 0.5) is 0 Å². The van der Waals surface area contributed by atoms with Crippen LogP contribution in [0.2, 0.25) is 0 Å². The predicted molar refractivity (Wildman–Crippen MR) is 118 cm³/mol. The van der Waals surface area contributed by atoms with Crippen LogP contribution >= 0.6 is 0 Å². The van der Waals surface area contributed by atoms with Crippen molar-refractivity contribution in [2.24, 2.45) is 4.99 Å². The molecule has 140 valence electrons. The van der Waals surface area contributed by atoms with Gasteiger partial charge in [-0.2, -0.15) is 0 Å². The number of hydrogen-bond donors (Lipinski definition) is 0. The van der Waals surface area contributed by atoms with E-state index in [1.807, 2.05) is 0 Å². The zero-order valence-corrected chi connectivity index (χ0v) is 16.8. The number of aliphatic imine (C=N–C) groups is 1. The summed E-state index contributed by atoms with van der Waals surface area (Å²) in [6, 6.07) is 23.8. The molecule has 0 N–H and O–H groups in total. The van der Waals surface area contributed by atoms with Crippen LogP contribution in [0.15, 0.2) is 71.7 Å². The molecule has 0 spiro atoms. The van der Waals surface area contributed by atoms with Gasteiger partial charge in [-0.1, -0.05) is 86.1 Å². The molecule has 2 nitrogen and oxygen atoms in total. The topological polar surface area (TPSA) is 15.6 Å². The summed E-state index contributed by atoms with van der Waals surface area (Å²) in [5.74, 6) is 0. The van der Waals surface area contributed by atoms with Crippen LogP contribution < -0.4 is 0 Å². The van der Waals surface area contributed by atoms with Gasteiger partial charge in [0.15, 0.2) is 0 Å². The van der Waals surface area contributed by atoms with Crippen molar-refractivity contribution in [1.82, 2.24) is 4.90 Å². The second-order valence-corrected chi connectivity index (χ2v) is 7.00. The van der Waals surface area contributed by atoms with Crippen molar-refractivity contribution in [2.45, 2.75) is 27.2 Å². The second kappa shape index (κ2) is 9.48. The van der Waals surface area contributed by atoms with E-state index in [1.54, 1.807) is 0 Å². The highest BCUT2D eigenvalue weighted by atomic mass is 15.1. The van der Waals surface area contributed by atoms with Gasteiger partial charge in [0.05, 0.1) is 5.71 Å². The molecule has 0 unspecified atom stereocenters. The van der Waals surface area contributed by atoms with E-state index < -0.39 is 0 Å². The lowest BCUT2D eigenvalue weighted by Crippen LogP contribution is -2.24. The number of nitrogens with zero attached hydrogens (tertiary/aromatic N) is 2. The van der Waals surface area contributed by atoms with Crippen molar-refractivity contribution in [3.05, 3.63) is 83.4 Å². The molecule has 0 aliphatic rings. The van der Waals surface area contributed by atoms with Crippen LogP contribution in [-0.4, -0.2) is 36.8 Å². The van der Waals surface area contributed by atoms with E-state index in [1.165, 1.54) is 27.5 Å². The molecule has 0 saturated carbocycles. The summed E-state index contributed by atoms with van der Waals surface area (Å²) in [6.07, 6.45) is 1.09. The largest absolute Gasteiger partial charge is 0.304 e. The molecule has 3 aromatic carbocycles. The van der Waals surface area contributed by atoms with Crippen LogP contribution in [0.1, 0.15) is 37.0 Å². The lowest BCUT2D eigenvalue weighted by Gasteiger charge is -2.17. The normalized spacial score (nSPS) is 12.1. The molecule has 3 aromatic rings. The zero-order valence-electron chi connectivity index (χ0n) is 16.8. The molecule has 0 aliphatic heterocycles. The molecule has 0 bridgehead atoms. The summed E-state index contributed by atoms with van der Waals surface area (Å²) in [5, 5.41) is 2.53. The molecule has 0 saturated heterocycles. The van der Waals surface area contributed by atoms with Crippen molar-refractivity contribution in [3.63, 3.8) is 0 Å². The van der Waals surface area contributed by atoms with Crippen molar-refractivity contribution in [2.75, 3.05) is 26.2 Å². The van der Waals surface area contributed by atoms with E-state index in [-0.39, 0.29) is 0 Å². The Balaban J connectivity index is 1.95. The van der Waals surface area contributed by atoms with Crippen molar-refractivity contribution >= 4 is 16.5 Å². The van der Waals surface area contributed by atoms with Crippen molar-refractivity contribution in [1.29, 1.82) is 0 Å². The second-order valence-electron chi connectivity index (χ2n) is 7.00. The molecule has 0 radical (unpaired) electrons. The molecule has 2 heteroatoms. The van der Waals surface area contributed by atoms with E-state index in [0.29, 0.717) is 0 Å². The molecule has 0 aliphatic carbocycles. The number of hydrogen-bond acceptors (Lipinski definition) is 2. The van der Waals surface area contributed by atoms with Crippen molar-refractivity contribution < 1.29 is 0 Å². The third-order valence-corrected chi connectivity index (χ3v) is 5.17.